The predicted molar refractivity (Wildman–Crippen MR) is 479 cm³/mol. The Morgan fingerprint density at radius 1 is 0.600 bits per heavy atom. The van der Waals surface area contributed by atoms with Crippen LogP contribution >= 0.6 is 11.8 Å². The Morgan fingerprint density at radius 2 is 1.15 bits per heavy atom. The normalized spacial score (nSPS) is 25.8. The Morgan fingerprint density at radius 3 is 1.75 bits per heavy atom. The van der Waals surface area contributed by atoms with Crippen LogP contribution in [-0.4, -0.2) is 305 Å². The number of hydrogen-bond donors (Lipinski definition) is 16. The fourth-order valence-corrected chi connectivity index (χ4v) is 17.4. The molecule has 15 amide bonds. The minimum absolute atomic E-state index is 0.00228. The van der Waals surface area contributed by atoms with Crippen molar-refractivity contribution in [1.82, 2.24) is 82.3 Å². The molecule has 2 aromatic heterocycles. The lowest BCUT2D eigenvalue weighted by molar-refractivity contribution is -0.149. The summed E-state index contributed by atoms with van der Waals surface area (Å²) in [7, 11) is 3.95. The SMILES string of the molecule is CCCC[C@H]1C(=O)N(C)[C@@H](CCCC)C(=O)N[C@@H](C)C(=O)N[C@H](C(=O)NCC(N)=O)CSCC(=O)N[C@@H](Cc2ccc(O)cc2)C(=O)N(C)[C@@H](C)C(=O)C[C@@H](CC(=O)O)C(=O)N2CCC[C@H]2C(=O)N[C@@H](CC2=CN=CC2)C(=O)N[C@@H](CC(C)C)C(=O)N2C[C@H](O)C[C@H]2C(=O)N[C@@H](Cc2c[nH]c3ccccc23)C(=O)N[C@@H](CO)C(=O)N[C@@H](Cc2c[nH]c3ccccc23)C(=O)N1C. The third-order valence-electron chi connectivity index (χ3n) is 23.9. The van der Waals surface area contributed by atoms with Crippen LogP contribution in [0.2, 0.25) is 0 Å². The zero-order valence-electron chi connectivity index (χ0n) is 74.6. The maximum atomic E-state index is 15.6. The first kappa shape index (κ1) is 101. The molecule has 704 valence electrons. The first-order valence-electron chi connectivity index (χ1n) is 44.0. The van der Waals surface area contributed by atoms with E-state index in [0.29, 0.717) is 69.8 Å². The molecule has 3 fully saturated rings. The summed E-state index contributed by atoms with van der Waals surface area (Å²) in [5, 5.41) is 68.2. The van der Waals surface area contributed by atoms with Crippen molar-refractivity contribution in [2.24, 2.45) is 22.6 Å². The second-order valence-corrected chi connectivity index (χ2v) is 35.2. The number of ketones is 1. The number of aliphatic imine (C=N–C) groups is 1. The van der Waals surface area contributed by atoms with E-state index in [0.717, 1.165) is 36.3 Å². The number of para-hydroxylation sites is 2. The van der Waals surface area contributed by atoms with Crippen molar-refractivity contribution in [1.29, 1.82) is 0 Å². The number of nitrogens with one attached hydrogen (secondary N) is 11. The number of likely N-dealkylation sites (N-methyl/N-ethyl adjacent to an activating group) is 3. The zero-order chi connectivity index (χ0) is 94.9. The van der Waals surface area contributed by atoms with Crippen LogP contribution < -0.4 is 53.6 Å². The lowest BCUT2D eigenvalue weighted by Crippen LogP contribution is -2.61. The fraction of sp³-hybridized carbons (Fsp3) is 0.533. The van der Waals surface area contributed by atoms with E-state index >= 15 is 33.6 Å². The van der Waals surface area contributed by atoms with E-state index in [-0.39, 0.29) is 88.8 Å². The van der Waals surface area contributed by atoms with Gasteiger partial charge in [-0.25, -0.2) is 0 Å². The largest absolute Gasteiger partial charge is 0.508 e. The van der Waals surface area contributed by atoms with Gasteiger partial charge in [0.15, 0.2) is 5.78 Å². The van der Waals surface area contributed by atoms with Crippen molar-refractivity contribution >= 4 is 140 Å². The molecule has 9 rings (SSSR count). The number of carbonyl (C=O) groups excluding carboxylic acids is 16. The number of hydrogen-bond acceptors (Lipinski definition) is 22. The minimum atomic E-state index is -1.87. The molecule has 5 aromatic rings. The molecule has 40 heteroatoms. The summed E-state index contributed by atoms with van der Waals surface area (Å²) < 4.78 is 0. The fourth-order valence-electron chi connectivity index (χ4n) is 16.5. The van der Waals surface area contributed by atoms with Gasteiger partial charge in [0.2, 0.25) is 88.6 Å². The number of unbranched alkanes of at least 4 members (excludes halogenated alkanes) is 2. The van der Waals surface area contributed by atoms with E-state index in [2.05, 4.69) is 62.8 Å². The van der Waals surface area contributed by atoms with E-state index < -0.39 is 235 Å². The maximum Gasteiger partial charge on any atom is 0.304 e. The number of phenolic OH excluding ortho intramolecular Hbond substituents is 1. The number of carboxylic acids is 1. The Hall–Kier alpha value is -12.6. The highest BCUT2D eigenvalue weighted by molar-refractivity contribution is 8.00. The smallest absolute Gasteiger partial charge is 0.304 e. The molecule has 6 heterocycles. The van der Waals surface area contributed by atoms with E-state index in [1.165, 1.54) is 65.5 Å². The molecule has 17 N–H and O–H groups in total. The number of benzene rings is 3. The first-order chi connectivity index (χ1) is 61.9. The first-order valence-corrected chi connectivity index (χ1v) is 45.1. The number of H-pyrrole nitrogens is 2. The van der Waals surface area contributed by atoms with Crippen LogP contribution in [0.4, 0.5) is 0 Å². The second kappa shape index (κ2) is 47.6. The number of rotatable bonds is 22. The van der Waals surface area contributed by atoms with Gasteiger partial charge in [0, 0.05) is 125 Å². The van der Waals surface area contributed by atoms with Gasteiger partial charge in [-0.15, -0.1) is 11.8 Å². The summed E-state index contributed by atoms with van der Waals surface area (Å²) in [5.74, 6) is -18.9. The Labute approximate surface area is 756 Å². The summed E-state index contributed by atoms with van der Waals surface area (Å²) in [4.78, 5) is 264. The van der Waals surface area contributed by atoms with E-state index in [1.54, 1.807) is 81.0 Å². The molecule has 3 saturated heterocycles. The molecule has 130 heavy (non-hydrogen) atoms. The minimum Gasteiger partial charge on any atom is -0.508 e. The number of Topliss-reactive ketones (excluding diaryl/α,β-unsaturated/α-hetero) is 1. The molecule has 4 aliphatic heterocycles. The number of phenols is 1. The van der Waals surface area contributed by atoms with Crippen LogP contribution in [0.1, 0.15) is 148 Å². The van der Waals surface area contributed by atoms with Gasteiger partial charge in [-0.05, 0) is 105 Å². The quantitative estimate of drug-likeness (QED) is 0.0443. The molecule has 39 nitrogen and oxygen atoms in total. The number of aliphatic hydroxyl groups excluding tert-OH is 2. The van der Waals surface area contributed by atoms with E-state index in [4.69, 9.17) is 5.73 Å². The zero-order valence-corrected chi connectivity index (χ0v) is 75.5. The van der Waals surface area contributed by atoms with Gasteiger partial charge in [0.25, 0.3) is 0 Å². The number of nitrogens with two attached hydrogens (primary N) is 1. The number of aromatic hydroxyl groups is 1. The van der Waals surface area contributed by atoms with Crippen LogP contribution in [0.3, 0.4) is 0 Å². The van der Waals surface area contributed by atoms with Crippen molar-refractivity contribution in [3.63, 3.8) is 0 Å². The highest BCUT2D eigenvalue weighted by atomic mass is 32.2. The van der Waals surface area contributed by atoms with Gasteiger partial charge >= 0.3 is 5.97 Å². The molecular weight excluding hydrogens is 1700 g/mol. The number of nitrogens with zero attached hydrogens (tertiary/aromatic N) is 6. The van der Waals surface area contributed by atoms with Crippen LogP contribution in [0.25, 0.3) is 21.8 Å². The number of aliphatic carboxylic acids is 1. The number of carbonyl (C=O) groups is 17. The average molecular weight is 1820 g/mol. The number of thioether (sulfide) groups is 1. The molecule has 15 atom stereocenters. The van der Waals surface area contributed by atoms with Crippen molar-refractivity contribution < 1.29 is 102 Å². The number of fused-ring (bicyclic) bond motifs is 4. The van der Waals surface area contributed by atoms with Crippen molar-refractivity contribution in [3.05, 3.63) is 114 Å². The molecule has 0 spiro atoms. The highest BCUT2D eigenvalue weighted by Crippen LogP contribution is 2.30. The number of amides is 15. The number of carboxylic acid groups (broad SMARTS) is 1. The summed E-state index contributed by atoms with van der Waals surface area (Å²) in [6, 6.07) is 0.238. The van der Waals surface area contributed by atoms with Crippen LogP contribution in [0, 0.1) is 11.8 Å². The number of aromatic amines is 2. The molecule has 0 bridgehead atoms. The van der Waals surface area contributed by atoms with Crippen LogP contribution in [-0.2, 0) is 101 Å². The van der Waals surface area contributed by atoms with Gasteiger partial charge in [-0.2, -0.15) is 0 Å². The molecule has 0 aliphatic carbocycles. The summed E-state index contributed by atoms with van der Waals surface area (Å²) >= 11 is 0.785. The number of aliphatic hydroxyl groups is 2. The third kappa shape index (κ3) is 27.3. The van der Waals surface area contributed by atoms with Crippen molar-refractivity contribution in [2.75, 3.05) is 58.9 Å². The molecule has 0 unspecified atom stereocenters. The van der Waals surface area contributed by atoms with E-state index in [1.807, 2.05) is 13.8 Å². The third-order valence-corrected chi connectivity index (χ3v) is 25.0. The predicted octanol–water partition coefficient (Wildman–Crippen LogP) is 0.300. The topological polar surface area (TPSA) is 566 Å². The average Bonchev–Trinajstić information content (AvgIpc) is 1.63. The van der Waals surface area contributed by atoms with E-state index in [9.17, 15) is 68.4 Å². The molecule has 3 aromatic carbocycles. The lowest BCUT2D eigenvalue weighted by atomic mass is 9.93. The Balaban J connectivity index is 1.08. The van der Waals surface area contributed by atoms with Gasteiger partial charge < -0.3 is 108 Å². The standard InChI is InChI=1S/C90H122N18O21S/c1-10-12-23-70-83(122)96-50(5)78(117)103-69(79(118)95-44-75(91)113)47-130-48-76(114)97-66(34-52-26-28-57(110)29-27-52)87(126)104(7)51(6)74(112)38-54(39-77(115)116)86(125)107-32-18-25-71(107)84(123)98-63(35-53-30-31-92-41-53)80(119)100-65(33-49(3)4)89(128)108-45-58(111)40-73(108)85(124)99-64(36-55-42-93-61-21-16-14-19-59(55)61)81(120)102-68(46-109)82(121)101-67(37-56-43-94-62-22-17-15-20-60(56)62)88(127)106(9)72(24-13-11-2)90(129)105(70)8/h14-17,19-22,26-29,31,41-43,49-51,54,58,63-73,93-94,109-111H,10-13,18,23-25,30,32-40,44-48H2,1-9H3,(H2,91,113)(H,95,118)(H,96,122)(H,97,114)(H,98,123)(H,99,124)(H,100,119)(H,101,121)(H,102,120)(H,103,117)(H,115,116)/t50-,51-,54-,58+,63-,64-,65-,66-,67-,68-,69-,70-,71-,72-,73-/m0/s1. The number of aromatic nitrogens is 2. The summed E-state index contributed by atoms with van der Waals surface area (Å²) in [6.07, 6.45) is 4.07. The molecule has 0 radical (unpaired) electrons. The van der Waals surface area contributed by atoms with Gasteiger partial charge in [-0.3, -0.25) is 86.5 Å². The summed E-state index contributed by atoms with van der Waals surface area (Å²) in [6.45, 7) is 7.49. The Kier molecular flexibility index (Phi) is 37.1. The van der Waals surface area contributed by atoms with Crippen molar-refractivity contribution in [2.45, 2.75) is 235 Å². The van der Waals surface area contributed by atoms with Crippen LogP contribution in [0.5, 0.6) is 5.75 Å². The van der Waals surface area contributed by atoms with Crippen LogP contribution in [0.15, 0.2) is 102 Å². The molecule has 4 aliphatic rings. The maximum absolute atomic E-state index is 15.6. The van der Waals surface area contributed by atoms with Gasteiger partial charge in [0.1, 0.15) is 78.3 Å². The number of primary amides is 1. The molecule has 0 saturated carbocycles. The van der Waals surface area contributed by atoms with Crippen molar-refractivity contribution in [3.8, 4) is 5.75 Å². The van der Waals surface area contributed by atoms with Gasteiger partial charge in [0.05, 0.1) is 43.4 Å². The Bertz CT molecular complexity index is 5020. The highest BCUT2D eigenvalue weighted by Gasteiger charge is 2.47. The van der Waals surface area contributed by atoms with Gasteiger partial charge in [-0.1, -0.05) is 102 Å². The lowest BCUT2D eigenvalue weighted by Gasteiger charge is -2.36. The summed E-state index contributed by atoms with van der Waals surface area (Å²) in [5.41, 5.74) is 8.67. The molecular formula is C90H122N18O21S. The second-order valence-electron chi connectivity index (χ2n) is 34.1. The monoisotopic (exact) mass is 1820 g/mol.